The van der Waals surface area contributed by atoms with Gasteiger partial charge in [-0.25, -0.2) is 22.8 Å². The van der Waals surface area contributed by atoms with Gasteiger partial charge in [-0.05, 0) is 37.6 Å². The maximum Gasteiger partial charge on any atom is 0.211 e. The molecule has 3 rings (SSSR count). The molecule has 8 heteroatoms. The number of hydrogen-bond donors (Lipinski definition) is 1. The Bertz CT molecular complexity index is 824. The van der Waals surface area contributed by atoms with Crippen LogP contribution in [0.1, 0.15) is 24.0 Å². The van der Waals surface area contributed by atoms with Gasteiger partial charge in [-0.3, -0.25) is 0 Å². The maximum absolute atomic E-state index is 13.0. The first kappa shape index (κ1) is 15.8. The molecule has 1 atom stereocenters. The smallest absolute Gasteiger partial charge is 0.211 e. The van der Waals surface area contributed by atoms with Crippen molar-refractivity contribution >= 4 is 21.5 Å². The second-order valence-corrected chi connectivity index (χ2v) is 7.47. The van der Waals surface area contributed by atoms with Gasteiger partial charge in [0.05, 0.1) is 18.0 Å². The van der Waals surface area contributed by atoms with Gasteiger partial charge in [0.2, 0.25) is 10.0 Å². The predicted octanol–water partition coefficient (Wildman–Crippen LogP) is 2.37. The van der Waals surface area contributed by atoms with Crippen molar-refractivity contribution in [1.29, 1.82) is 0 Å². The molecule has 1 N–H and O–H groups in total. The highest BCUT2D eigenvalue weighted by Gasteiger charge is 2.37. The first-order chi connectivity index (χ1) is 10.8. The Labute approximate surface area is 134 Å². The van der Waals surface area contributed by atoms with Crippen LogP contribution in [0.3, 0.4) is 0 Å². The van der Waals surface area contributed by atoms with Crippen molar-refractivity contribution in [2.45, 2.75) is 19.4 Å². The fourth-order valence-electron chi connectivity index (χ4n) is 2.56. The molecule has 0 saturated carbocycles. The summed E-state index contributed by atoms with van der Waals surface area (Å²) in [5.74, 6) is 0.792. The third kappa shape index (κ3) is 3.48. The van der Waals surface area contributed by atoms with E-state index >= 15 is 0 Å². The Kier molecular flexibility index (Phi) is 4.03. The quantitative estimate of drug-likeness (QED) is 0.928. The number of sulfonamides is 1. The molecule has 1 aliphatic rings. The maximum atomic E-state index is 13.0. The van der Waals surface area contributed by atoms with Crippen LogP contribution >= 0.6 is 0 Å². The number of anilines is 2. The molecule has 2 heterocycles. The Morgan fingerprint density at radius 2 is 1.96 bits per heavy atom. The third-order valence-corrected chi connectivity index (χ3v) is 5.00. The van der Waals surface area contributed by atoms with E-state index in [9.17, 15) is 12.8 Å². The topological polar surface area (TPSA) is 75.2 Å². The molecule has 122 valence electrons. The summed E-state index contributed by atoms with van der Waals surface area (Å²) in [4.78, 5) is 8.65. The van der Waals surface area contributed by atoms with Crippen molar-refractivity contribution in [1.82, 2.24) is 14.3 Å². The van der Waals surface area contributed by atoms with Crippen LogP contribution in [0, 0.1) is 12.7 Å². The van der Waals surface area contributed by atoms with Crippen molar-refractivity contribution in [3.63, 3.8) is 0 Å². The molecule has 2 aromatic rings. The van der Waals surface area contributed by atoms with E-state index in [4.69, 9.17) is 0 Å². The summed E-state index contributed by atoms with van der Waals surface area (Å²) >= 11 is 0. The molecule has 1 aliphatic heterocycles. The number of nitrogens with zero attached hydrogens (tertiary/aromatic N) is 3. The number of halogens is 1. The second-order valence-electron chi connectivity index (χ2n) is 5.54. The van der Waals surface area contributed by atoms with E-state index in [0.29, 0.717) is 29.6 Å². The summed E-state index contributed by atoms with van der Waals surface area (Å²) in [7, 11) is -3.24. The van der Waals surface area contributed by atoms with Crippen molar-refractivity contribution in [2.24, 2.45) is 0 Å². The lowest BCUT2D eigenvalue weighted by Gasteiger charge is -2.38. The van der Waals surface area contributed by atoms with Gasteiger partial charge < -0.3 is 5.32 Å². The van der Waals surface area contributed by atoms with Gasteiger partial charge in [-0.1, -0.05) is 0 Å². The fourth-order valence-corrected chi connectivity index (χ4v) is 3.68. The highest BCUT2D eigenvalue weighted by Crippen LogP contribution is 2.35. The average Bonchev–Trinajstić information content (AvgIpc) is 2.37. The molecule has 0 spiro atoms. The molecule has 0 aliphatic carbocycles. The Balaban J connectivity index is 1.86. The normalized spacial score (nSPS) is 18.5. The van der Waals surface area contributed by atoms with Crippen LogP contribution in [0.4, 0.5) is 15.9 Å². The summed E-state index contributed by atoms with van der Waals surface area (Å²) in [6.45, 7) is 2.26. The van der Waals surface area contributed by atoms with Crippen molar-refractivity contribution in [2.75, 3.05) is 18.1 Å². The molecule has 1 aromatic heterocycles. The van der Waals surface area contributed by atoms with Crippen LogP contribution in [-0.4, -0.2) is 35.5 Å². The number of aromatic nitrogens is 2. The minimum Gasteiger partial charge on any atom is -0.340 e. The van der Waals surface area contributed by atoms with E-state index in [1.165, 1.54) is 22.7 Å². The lowest BCUT2D eigenvalue weighted by molar-refractivity contribution is 0.199. The molecule has 6 nitrogen and oxygen atoms in total. The largest absolute Gasteiger partial charge is 0.340 e. The molecule has 0 bridgehead atoms. The van der Waals surface area contributed by atoms with Crippen LogP contribution in [0.2, 0.25) is 0 Å². The molecular formula is C15H17FN4O2S. The predicted molar refractivity (Wildman–Crippen MR) is 85.4 cm³/mol. The number of hydrogen-bond acceptors (Lipinski definition) is 5. The minimum atomic E-state index is -3.24. The van der Waals surface area contributed by atoms with Crippen LogP contribution in [0.5, 0.6) is 0 Å². The second kappa shape index (κ2) is 5.86. The molecule has 0 radical (unpaired) electrons. The number of aryl methyl sites for hydroxylation is 1. The summed E-state index contributed by atoms with van der Waals surface area (Å²) in [6, 6.07) is 7.42. The Morgan fingerprint density at radius 3 is 2.52 bits per heavy atom. The highest BCUT2D eigenvalue weighted by molar-refractivity contribution is 7.88. The lowest BCUT2D eigenvalue weighted by Crippen LogP contribution is -2.44. The first-order valence-corrected chi connectivity index (χ1v) is 9.03. The monoisotopic (exact) mass is 336 g/mol. The van der Waals surface area contributed by atoms with Gasteiger partial charge in [0.25, 0.3) is 0 Å². The fraction of sp³-hybridized carbons (Fsp3) is 0.333. The van der Waals surface area contributed by atoms with E-state index in [-0.39, 0.29) is 11.9 Å². The average molecular weight is 336 g/mol. The molecule has 1 aromatic carbocycles. The van der Waals surface area contributed by atoms with Gasteiger partial charge >= 0.3 is 0 Å². The minimum absolute atomic E-state index is 0.250. The van der Waals surface area contributed by atoms with Gasteiger partial charge in [0, 0.05) is 18.3 Å². The SMILES string of the molecule is Cc1nc(Nc2ccc(F)cc2)cc([C@@H]2CCN2S(C)(=O)=O)n1. The van der Waals surface area contributed by atoms with E-state index in [1.54, 1.807) is 25.1 Å². The van der Waals surface area contributed by atoms with E-state index in [1.807, 2.05) is 0 Å². The van der Waals surface area contributed by atoms with Gasteiger partial charge in [0.1, 0.15) is 17.5 Å². The zero-order valence-electron chi connectivity index (χ0n) is 12.8. The highest BCUT2D eigenvalue weighted by atomic mass is 32.2. The standard InChI is InChI=1S/C15H17FN4O2S/c1-10-17-13(14-7-8-20(14)23(2,21)22)9-15(18-10)19-12-5-3-11(16)4-6-12/h3-6,9,14H,7-8H2,1-2H3,(H,17,18,19)/t14-/m0/s1. The lowest BCUT2D eigenvalue weighted by atomic mass is 10.0. The van der Waals surface area contributed by atoms with Crippen molar-refractivity contribution in [3.8, 4) is 0 Å². The van der Waals surface area contributed by atoms with E-state index in [0.717, 1.165) is 6.42 Å². The molecule has 1 saturated heterocycles. The zero-order valence-corrected chi connectivity index (χ0v) is 13.6. The van der Waals surface area contributed by atoms with Crippen LogP contribution in [0.25, 0.3) is 0 Å². The first-order valence-electron chi connectivity index (χ1n) is 7.18. The number of nitrogens with one attached hydrogen (secondary N) is 1. The summed E-state index contributed by atoms with van der Waals surface area (Å²) in [5, 5.41) is 3.08. The Hall–Kier alpha value is -2.06. The number of benzene rings is 1. The van der Waals surface area contributed by atoms with Crippen LogP contribution in [0.15, 0.2) is 30.3 Å². The zero-order chi connectivity index (χ0) is 16.6. The molecule has 0 amide bonds. The van der Waals surface area contributed by atoms with Crippen LogP contribution in [-0.2, 0) is 10.0 Å². The van der Waals surface area contributed by atoms with E-state index in [2.05, 4.69) is 15.3 Å². The molecular weight excluding hydrogens is 319 g/mol. The number of rotatable bonds is 4. The van der Waals surface area contributed by atoms with Gasteiger partial charge in [-0.2, -0.15) is 4.31 Å². The van der Waals surface area contributed by atoms with Crippen LogP contribution < -0.4 is 5.32 Å². The van der Waals surface area contributed by atoms with E-state index < -0.39 is 10.0 Å². The Morgan fingerprint density at radius 1 is 1.26 bits per heavy atom. The molecule has 0 unspecified atom stereocenters. The van der Waals surface area contributed by atoms with Gasteiger partial charge in [0.15, 0.2) is 0 Å². The summed E-state index contributed by atoms with van der Waals surface area (Å²) in [5.41, 5.74) is 1.36. The summed E-state index contributed by atoms with van der Waals surface area (Å²) < 4.78 is 37.8. The van der Waals surface area contributed by atoms with Gasteiger partial charge in [-0.15, -0.1) is 0 Å². The van der Waals surface area contributed by atoms with Crippen molar-refractivity contribution < 1.29 is 12.8 Å². The molecule has 23 heavy (non-hydrogen) atoms. The van der Waals surface area contributed by atoms with Crippen molar-refractivity contribution in [3.05, 3.63) is 47.7 Å². The third-order valence-electron chi connectivity index (χ3n) is 3.71. The summed E-state index contributed by atoms with van der Waals surface area (Å²) in [6.07, 6.45) is 1.93. The molecule has 1 fully saturated rings.